The van der Waals surface area contributed by atoms with Crippen molar-refractivity contribution in [2.75, 3.05) is 25.1 Å². The van der Waals surface area contributed by atoms with Crippen molar-refractivity contribution in [1.82, 2.24) is 26.6 Å². The molecule has 23 nitrogen and oxygen atoms in total. The first-order valence-corrected chi connectivity index (χ1v) is 19.2. The van der Waals surface area contributed by atoms with Gasteiger partial charge in [0.2, 0.25) is 35.4 Å². The monoisotopic (exact) mass is 819 g/mol. The van der Waals surface area contributed by atoms with Gasteiger partial charge in [-0.2, -0.15) is 11.8 Å². The Hall–Kier alpha value is -5.23. The van der Waals surface area contributed by atoms with Crippen LogP contribution in [0, 0.1) is 0 Å². The van der Waals surface area contributed by atoms with Crippen LogP contribution in [0.5, 0.6) is 0 Å². The van der Waals surface area contributed by atoms with Crippen molar-refractivity contribution in [3.8, 4) is 0 Å². The van der Waals surface area contributed by atoms with E-state index < -0.39 is 115 Å². The third-order valence-electron chi connectivity index (χ3n) is 7.98. The van der Waals surface area contributed by atoms with Gasteiger partial charge in [-0.25, -0.2) is 4.79 Å². The van der Waals surface area contributed by atoms with Crippen molar-refractivity contribution in [3.05, 3.63) is 0 Å². The second kappa shape index (κ2) is 28.2. The summed E-state index contributed by atoms with van der Waals surface area (Å²) in [4.78, 5) is 116. The largest absolute Gasteiger partial charge is 0.481 e. The molecule has 6 atom stereocenters. The summed E-state index contributed by atoms with van der Waals surface area (Å²) in [5, 5.41) is 39.8. The second-order valence-corrected chi connectivity index (χ2v) is 13.6. The highest BCUT2D eigenvalue weighted by molar-refractivity contribution is 7.98. The number of unbranched alkanes of at least 4 members (excludes halogenated alkanes) is 1. The van der Waals surface area contributed by atoms with Gasteiger partial charge in [0.1, 0.15) is 30.2 Å². The van der Waals surface area contributed by atoms with Crippen molar-refractivity contribution in [3.63, 3.8) is 0 Å². The third kappa shape index (κ3) is 22.9. The predicted molar refractivity (Wildman–Crippen MR) is 203 cm³/mol. The number of aliphatic carboxylic acids is 3. The Morgan fingerprint density at radius 2 is 1.00 bits per heavy atom. The number of carboxylic acids is 3. The molecule has 6 amide bonds. The summed E-state index contributed by atoms with van der Waals surface area (Å²) in [6.45, 7) is 0.346. The van der Waals surface area contributed by atoms with E-state index in [0.717, 1.165) is 0 Å². The molecule has 0 spiro atoms. The molecule has 0 aromatic heterocycles. The van der Waals surface area contributed by atoms with Gasteiger partial charge in [0.05, 0.1) is 6.04 Å². The first kappa shape index (κ1) is 50.8. The average molecular weight is 820 g/mol. The van der Waals surface area contributed by atoms with Crippen LogP contribution in [0.4, 0.5) is 0 Å². The van der Waals surface area contributed by atoms with Gasteiger partial charge in [0.15, 0.2) is 5.96 Å². The highest BCUT2D eigenvalue weighted by Gasteiger charge is 2.33. The van der Waals surface area contributed by atoms with Crippen LogP contribution < -0.4 is 55.3 Å². The van der Waals surface area contributed by atoms with Crippen molar-refractivity contribution >= 4 is 71.1 Å². The quantitative estimate of drug-likeness (QED) is 0.0179. The van der Waals surface area contributed by atoms with Crippen LogP contribution >= 0.6 is 11.8 Å². The van der Waals surface area contributed by atoms with Crippen LogP contribution in [0.3, 0.4) is 0 Å². The first-order valence-electron chi connectivity index (χ1n) is 17.8. The molecular formula is C32H57N11O12S. The Morgan fingerprint density at radius 3 is 1.45 bits per heavy atom. The molecule has 0 aromatic carbocycles. The minimum atomic E-state index is -1.52. The van der Waals surface area contributed by atoms with Crippen LogP contribution in [0.15, 0.2) is 4.99 Å². The molecular weight excluding hydrogens is 762 g/mol. The van der Waals surface area contributed by atoms with Crippen LogP contribution in [0.25, 0.3) is 0 Å². The molecule has 0 radical (unpaired) electrons. The van der Waals surface area contributed by atoms with E-state index in [1.807, 2.05) is 0 Å². The zero-order valence-electron chi connectivity index (χ0n) is 31.3. The van der Waals surface area contributed by atoms with Crippen molar-refractivity contribution in [2.45, 2.75) is 113 Å². The Morgan fingerprint density at radius 1 is 0.571 bits per heavy atom. The third-order valence-corrected chi connectivity index (χ3v) is 8.63. The van der Waals surface area contributed by atoms with Gasteiger partial charge in [-0.15, -0.1) is 0 Å². The number of guanidine groups is 1. The molecule has 318 valence electrons. The molecule has 0 fully saturated rings. The standard InChI is InChI=1S/C32H57N11O12S/c1-56-16-13-21(42-29(52)20(9-12-25(47)48)39-26(49)17(34)7-11-24(45)46)30(53)41-19(8-10-23(35)44)28(51)40-18(6-4-15-38-32(36)37)27(50)43-22(31(54)55)5-2-3-14-33/h17-22H,2-16,33-34H2,1H3,(H2,35,44)(H,39,49)(H,40,51)(H,41,53)(H,42,52)(H,43,50)(H,45,46)(H,47,48)(H,54,55)(H4,36,37,38)/t17-,18-,19-,20-,21-,22-/m0/s1. The van der Waals surface area contributed by atoms with E-state index in [4.69, 9.17) is 33.8 Å². The smallest absolute Gasteiger partial charge is 0.326 e. The first-order chi connectivity index (χ1) is 26.3. The predicted octanol–water partition coefficient (Wildman–Crippen LogP) is -4.25. The van der Waals surface area contributed by atoms with E-state index in [9.17, 15) is 53.4 Å². The van der Waals surface area contributed by atoms with Gasteiger partial charge in [0.25, 0.3) is 0 Å². The lowest BCUT2D eigenvalue weighted by atomic mass is 10.0. The minimum absolute atomic E-state index is 0.0306. The number of carbonyl (C=O) groups excluding carboxylic acids is 6. The Bertz CT molecular complexity index is 1380. The number of nitrogens with one attached hydrogen (secondary N) is 5. The zero-order chi connectivity index (χ0) is 42.8. The fraction of sp³-hybridized carbons (Fsp3) is 0.688. The van der Waals surface area contributed by atoms with E-state index in [0.29, 0.717) is 19.4 Å². The highest BCUT2D eigenvalue weighted by atomic mass is 32.2. The van der Waals surface area contributed by atoms with Gasteiger partial charge >= 0.3 is 17.9 Å². The van der Waals surface area contributed by atoms with Gasteiger partial charge < -0.3 is 70.6 Å². The summed E-state index contributed by atoms with van der Waals surface area (Å²) in [7, 11) is 0. The molecule has 0 bridgehead atoms. The van der Waals surface area contributed by atoms with Crippen molar-refractivity contribution in [2.24, 2.45) is 33.7 Å². The molecule has 24 heteroatoms. The van der Waals surface area contributed by atoms with Crippen LogP contribution in [-0.4, -0.2) is 136 Å². The van der Waals surface area contributed by atoms with E-state index >= 15 is 0 Å². The van der Waals surface area contributed by atoms with E-state index in [1.165, 1.54) is 11.8 Å². The minimum Gasteiger partial charge on any atom is -0.481 e. The highest BCUT2D eigenvalue weighted by Crippen LogP contribution is 2.09. The van der Waals surface area contributed by atoms with Crippen molar-refractivity contribution < 1.29 is 58.5 Å². The summed E-state index contributed by atoms with van der Waals surface area (Å²) < 4.78 is 0. The Kier molecular flexibility index (Phi) is 25.6. The maximum atomic E-state index is 13.7. The molecule has 0 heterocycles. The molecule has 0 rings (SSSR count). The molecule has 0 saturated heterocycles. The summed E-state index contributed by atoms with van der Waals surface area (Å²) in [6, 6.07) is -8.46. The normalized spacial score (nSPS) is 14.0. The summed E-state index contributed by atoms with van der Waals surface area (Å²) in [6.07, 6.45) is 0.152. The second-order valence-electron chi connectivity index (χ2n) is 12.6. The summed E-state index contributed by atoms with van der Waals surface area (Å²) in [5.74, 6) is -9.31. The molecule has 18 N–H and O–H groups in total. The molecule has 0 aliphatic carbocycles. The van der Waals surface area contributed by atoms with Gasteiger partial charge in [-0.05, 0) is 76.3 Å². The zero-order valence-corrected chi connectivity index (χ0v) is 32.1. The van der Waals surface area contributed by atoms with Gasteiger partial charge in [-0.3, -0.25) is 43.3 Å². The SMILES string of the molecule is CSCC[C@H](NC(=O)[C@H](CCC(=O)O)NC(=O)[C@@H](N)CCC(=O)O)C(=O)N[C@@H](CCC(N)=O)C(=O)N[C@@H](CCCN=C(N)N)C(=O)N[C@@H](CCCCN)C(=O)O. The number of amides is 6. The maximum Gasteiger partial charge on any atom is 0.326 e. The number of primary amides is 1. The Labute approximate surface area is 327 Å². The molecule has 0 aliphatic heterocycles. The number of rotatable bonds is 31. The van der Waals surface area contributed by atoms with E-state index in [2.05, 4.69) is 31.6 Å². The number of nitrogens with zero attached hydrogens (tertiary/aromatic N) is 1. The van der Waals surface area contributed by atoms with E-state index in [1.54, 1.807) is 6.26 Å². The number of nitrogens with two attached hydrogens (primary N) is 5. The van der Waals surface area contributed by atoms with Crippen LogP contribution in [-0.2, 0) is 43.2 Å². The molecule has 56 heavy (non-hydrogen) atoms. The lowest BCUT2D eigenvalue weighted by molar-refractivity contribution is -0.142. The number of hydrogen-bond donors (Lipinski definition) is 13. The average Bonchev–Trinajstić information content (AvgIpc) is 3.12. The number of hydrogen-bond acceptors (Lipinski definition) is 13. The molecule has 0 unspecified atom stereocenters. The van der Waals surface area contributed by atoms with Crippen LogP contribution in [0.2, 0.25) is 0 Å². The number of carboxylic acid groups (broad SMARTS) is 3. The molecule has 0 aliphatic rings. The summed E-state index contributed by atoms with van der Waals surface area (Å²) >= 11 is 1.29. The lowest BCUT2D eigenvalue weighted by Crippen LogP contribution is -2.59. The fourth-order valence-electron chi connectivity index (χ4n) is 4.90. The van der Waals surface area contributed by atoms with Crippen molar-refractivity contribution in [1.29, 1.82) is 0 Å². The fourth-order valence-corrected chi connectivity index (χ4v) is 5.37. The molecule has 0 aromatic rings. The summed E-state index contributed by atoms with van der Waals surface area (Å²) in [5.41, 5.74) is 27.3. The number of aliphatic imine (C=N–C) groups is 1. The molecule has 0 saturated carbocycles. The van der Waals surface area contributed by atoms with E-state index in [-0.39, 0.29) is 56.8 Å². The number of thioether (sulfide) groups is 1. The number of carbonyl (C=O) groups is 9. The maximum absolute atomic E-state index is 13.7. The van der Waals surface area contributed by atoms with Gasteiger partial charge in [-0.1, -0.05) is 0 Å². The Balaban J connectivity index is 6.34. The lowest BCUT2D eigenvalue weighted by Gasteiger charge is -2.27. The topological polar surface area (TPSA) is 417 Å². The van der Waals surface area contributed by atoms with Crippen LogP contribution in [0.1, 0.15) is 77.0 Å². The van der Waals surface area contributed by atoms with Gasteiger partial charge in [0, 0.05) is 25.8 Å².